The fraction of sp³-hybridized carbons (Fsp3) is 0.375. The van der Waals surface area contributed by atoms with Crippen LogP contribution in [0.1, 0.15) is 11.1 Å². The van der Waals surface area contributed by atoms with E-state index in [1.54, 1.807) is 0 Å². The van der Waals surface area contributed by atoms with Gasteiger partial charge in [0.2, 0.25) is 0 Å². The summed E-state index contributed by atoms with van der Waals surface area (Å²) in [6, 6.07) is 9.23. The van der Waals surface area contributed by atoms with Crippen LogP contribution in [0, 0.1) is 0 Å². The lowest BCUT2D eigenvalue weighted by atomic mass is 9.95. The van der Waals surface area contributed by atoms with Gasteiger partial charge in [0, 0.05) is 32.2 Å². The van der Waals surface area contributed by atoms with Crippen molar-refractivity contribution in [3.05, 3.63) is 60.7 Å². The number of fused-ring (bicyclic) bond motifs is 1. The van der Waals surface area contributed by atoms with Gasteiger partial charge in [-0.25, -0.2) is 0 Å². The molecule has 1 aromatic carbocycles. The molecular weight excluding hydrogens is 220 g/mol. The zero-order valence-corrected chi connectivity index (χ0v) is 10.9. The predicted octanol–water partition coefficient (Wildman–Crippen LogP) is 2.37. The first-order chi connectivity index (χ1) is 8.83. The fourth-order valence-electron chi connectivity index (χ4n) is 2.55. The van der Waals surface area contributed by atoms with E-state index in [0.29, 0.717) is 6.04 Å². The summed E-state index contributed by atoms with van der Waals surface area (Å²) in [6.07, 6.45) is 5.03. The van der Waals surface area contributed by atoms with Gasteiger partial charge in [-0.1, -0.05) is 36.4 Å². The van der Waals surface area contributed by atoms with Gasteiger partial charge in [0.05, 0.1) is 0 Å². The van der Waals surface area contributed by atoms with Crippen LogP contribution >= 0.6 is 0 Å². The Labute approximate surface area is 110 Å². The number of hydrogen-bond acceptors (Lipinski definition) is 2. The van der Waals surface area contributed by atoms with Crippen LogP contribution in [0.15, 0.2) is 49.6 Å². The highest BCUT2D eigenvalue weighted by Crippen LogP contribution is 2.16. The van der Waals surface area contributed by atoms with Crippen LogP contribution in [0.4, 0.5) is 0 Å². The number of benzene rings is 1. The summed E-state index contributed by atoms with van der Waals surface area (Å²) in [5.74, 6) is 0. The van der Waals surface area contributed by atoms with Crippen molar-refractivity contribution < 1.29 is 0 Å². The van der Waals surface area contributed by atoms with Crippen LogP contribution in [0.3, 0.4) is 0 Å². The van der Waals surface area contributed by atoms with Gasteiger partial charge >= 0.3 is 0 Å². The number of nitrogens with zero attached hydrogens (tertiary/aromatic N) is 1. The number of hydrogen-bond donors (Lipinski definition) is 1. The molecule has 1 heterocycles. The largest absolute Gasteiger partial charge is 0.308 e. The van der Waals surface area contributed by atoms with Gasteiger partial charge in [-0.2, -0.15) is 0 Å². The molecular formula is C16H22N2. The van der Waals surface area contributed by atoms with E-state index in [0.717, 1.165) is 32.6 Å². The molecule has 1 aromatic rings. The van der Waals surface area contributed by atoms with Gasteiger partial charge in [-0.3, -0.25) is 4.90 Å². The number of nitrogens with one attached hydrogen (secondary N) is 1. The minimum Gasteiger partial charge on any atom is -0.308 e. The van der Waals surface area contributed by atoms with Gasteiger partial charge in [0.25, 0.3) is 0 Å². The van der Waals surface area contributed by atoms with Crippen LogP contribution in [0.25, 0.3) is 0 Å². The maximum absolute atomic E-state index is 3.82. The topological polar surface area (TPSA) is 15.3 Å². The van der Waals surface area contributed by atoms with Crippen LogP contribution in [-0.2, 0) is 13.0 Å². The monoisotopic (exact) mass is 242 g/mol. The van der Waals surface area contributed by atoms with E-state index in [1.165, 1.54) is 11.1 Å². The van der Waals surface area contributed by atoms with Crippen molar-refractivity contribution in [3.8, 4) is 0 Å². The molecule has 0 saturated carbocycles. The lowest BCUT2D eigenvalue weighted by Crippen LogP contribution is -2.44. The molecule has 0 fully saturated rings. The van der Waals surface area contributed by atoms with E-state index in [2.05, 4.69) is 47.6 Å². The first-order valence-corrected chi connectivity index (χ1v) is 6.57. The third-order valence-corrected chi connectivity index (χ3v) is 3.42. The first kappa shape index (κ1) is 13.1. The maximum atomic E-state index is 3.82. The smallest absolute Gasteiger partial charge is 0.0238 e. The third-order valence-electron chi connectivity index (χ3n) is 3.42. The van der Waals surface area contributed by atoms with Gasteiger partial charge in [0.15, 0.2) is 0 Å². The van der Waals surface area contributed by atoms with Crippen LogP contribution in [0.2, 0.25) is 0 Å². The maximum Gasteiger partial charge on any atom is 0.0238 e. The molecule has 2 heteroatoms. The van der Waals surface area contributed by atoms with Crippen LogP contribution < -0.4 is 5.32 Å². The molecule has 0 spiro atoms. The molecule has 0 radical (unpaired) electrons. The standard InChI is InChI=1S/C16H22N2/c1-3-9-18(10-4-2)13-16-11-14-7-5-6-8-15(14)12-17-16/h3-8,16-17H,1-2,9-13H2/t16-/m0/s1. The number of rotatable bonds is 6. The highest BCUT2D eigenvalue weighted by atomic mass is 15.1. The van der Waals surface area contributed by atoms with Crippen LogP contribution in [-0.4, -0.2) is 30.6 Å². The molecule has 0 unspecified atom stereocenters. The van der Waals surface area contributed by atoms with E-state index in [9.17, 15) is 0 Å². The Balaban J connectivity index is 1.95. The predicted molar refractivity (Wildman–Crippen MR) is 77.6 cm³/mol. The van der Waals surface area contributed by atoms with E-state index in [1.807, 2.05) is 12.2 Å². The summed E-state index contributed by atoms with van der Waals surface area (Å²) in [5, 5.41) is 3.61. The van der Waals surface area contributed by atoms with E-state index >= 15 is 0 Å². The third kappa shape index (κ3) is 3.31. The zero-order chi connectivity index (χ0) is 12.8. The molecule has 0 saturated heterocycles. The summed E-state index contributed by atoms with van der Waals surface area (Å²) >= 11 is 0. The summed E-state index contributed by atoms with van der Waals surface area (Å²) in [6.45, 7) is 11.5. The highest BCUT2D eigenvalue weighted by molar-refractivity contribution is 5.29. The minimum absolute atomic E-state index is 0.528. The molecule has 0 aliphatic carbocycles. The van der Waals surface area contributed by atoms with Gasteiger partial charge in [-0.05, 0) is 17.5 Å². The quantitative estimate of drug-likeness (QED) is 0.771. The average Bonchev–Trinajstić information content (AvgIpc) is 2.39. The second-order valence-corrected chi connectivity index (χ2v) is 4.85. The second kappa shape index (κ2) is 6.53. The molecule has 1 aliphatic heterocycles. The molecule has 18 heavy (non-hydrogen) atoms. The van der Waals surface area contributed by atoms with Crippen molar-refractivity contribution in [2.45, 2.75) is 19.0 Å². The molecule has 0 amide bonds. The molecule has 1 atom stereocenters. The summed E-state index contributed by atoms with van der Waals surface area (Å²) in [4.78, 5) is 2.37. The first-order valence-electron chi connectivity index (χ1n) is 6.57. The minimum atomic E-state index is 0.528. The van der Waals surface area contributed by atoms with Crippen molar-refractivity contribution in [3.63, 3.8) is 0 Å². The SMILES string of the molecule is C=CCN(CC=C)C[C@@H]1Cc2ccccc2CN1. The molecule has 1 N–H and O–H groups in total. The summed E-state index contributed by atoms with van der Waals surface area (Å²) in [5.41, 5.74) is 2.92. The summed E-state index contributed by atoms with van der Waals surface area (Å²) in [7, 11) is 0. The lowest BCUT2D eigenvalue weighted by Gasteiger charge is -2.30. The van der Waals surface area contributed by atoms with Gasteiger partial charge in [0.1, 0.15) is 0 Å². The Kier molecular flexibility index (Phi) is 4.73. The van der Waals surface area contributed by atoms with Gasteiger partial charge in [-0.15, -0.1) is 13.2 Å². The van der Waals surface area contributed by atoms with Crippen molar-refractivity contribution >= 4 is 0 Å². The van der Waals surface area contributed by atoms with E-state index in [-0.39, 0.29) is 0 Å². The Bertz CT molecular complexity index is 401. The fourth-order valence-corrected chi connectivity index (χ4v) is 2.55. The highest BCUT2D eigenvalue weighted by Gasteiger charge is 2.19. The normalized spacial score (nSPS) is 18.4. The van der Waals surface area contributed by atoms with E-state index in [4.69, 9.17) is 0 Å². The van der Waals surface area contributed by atoms with E-state index < -0.39 is 0 Å². The molecule has 1 aliphatic rings. The summed E-state index contributed by atoms with van der Waals surface area (Å²) < 4.78 is 0. The Morgan fingerprint density at radius 1 is 1.17 bits per heavy atom. The molecule has 2 nitrogen and oxygen atoms in total. The molecule has 0 bridgehead atoms. The molecule has 0 aromatic heterocycles. The zero-order valence-electron chi connectivity index (χ0n) is 10.9. The Morgan fingerprint density at radius 2 is 1.83 bits per heavy atom. The van der Waals surface area contributed by atoms with Gasteiger partial charge < -0.3 is 5.32 Å². The lowest BCUT2D eigenvalue weighted by molar-refractivity contribution is 0.280. The molecule has 2 rings (SSSR count). The van der Waals surface area contributed by atoms with Crippen molar-refractivity contribution in [2.24, 2.45) is 0 Å². The molecule has 96 valence electrons. The Hall–Kier alpha value is -1.38. The average molecular weight is 242 g/mol. The van der Waals surface area contributed by atoms with Crippen LogP contribution in [0.5, 0.6) is 0 Å². The van der Waals surface area contributed by atoms with Crippen molar-refractivity contribution in [1.29, 1.82) is 0 Å². The second-order valence-electron chi connectivity index (χ2n) is 4.85. The Morgan fingerprint density at radius 3 is 2.50 bits per heavy atom. The van der Waals surface area contributed by atoms with Crippen molar-refractivity contribution in [2.75, 3.05) is 19.6 Å². The van der Waals surface area contributed by atoms with Crippen molar-refractivity contribution in [1.82, 2.24) is 10.2 Å².